The third-order valence-corrected chi connectivity index (χ3v) is 6.30. The van der Waals surface area contributed by atoms with Crippen molar-refractivity contribution in [2.45, 2.75) is 30.9 Å². The highest BCUT2D eigenvalue weighted by atomic mass is 32.2. The molecule has 0 saturated heterocycles. The zero-order chi connectivity index (χ0) is 15.3. The molecular weight excluding hydrogens is 300 g/mol. The quantitative estimate of drug-likeness (QED) is 0.781. The maximum Gasteiger partial charge on any atom is 0.348 e. The number of thiophene rings is 1. The van der Waals surface area contributed by atoms with Gasteiger partial charge in [0.1, 0.15) is 9.09 Å². The van der Waals surface area contributed by atoms with Crippen LogP contribution in [0.2, 0.25) is 0 Å². The Hall–Kier alpha value is -1.21. The number of Topliss-reactive ketones (excluding diaryl/α,β-unsaturated/α-hetero) is 1. The van der Waals surface area contributed by atoms with Crippen molar-refractivity contribution >= 4 is 32.9 Å². The molecule has 1 aliphatic rings. The number of ether oxygens (including phenoxy) is 1. The summed E-state index contributed by atoms with van der Waals surface area (Å²) < 4.78 is 28.4. The van der Waals surface area contributed by atoms with Crippen LogP contribution in [-0.2, 0) is 21.0 Å². The Morgan fingerprint density at radius 2 is 1.90 bits per heavy atom. The van der Waals surface area contributed by atoms with E-state index in [-0.39, 0.29) is 32.3 Å². The van der Waals surface area contributed by atoms with Gasteiger partial charge in [0, 0.05) is 12.7 Å². The topological polar surface area (TPSA) is 77.5 Å². The molecule has 0 atom stereocenters. The van der Waals surface area contributed by atoms with Gasteiger partial charge in [-0.15, -0.1) is 11.3 Å². The van der Waals surface area contributed by atoms with Gasteiger partial charge in [0.05, 0.1) is 12.7 Å². The van der Waals surface area contributed by atoms with E-state index in [9.17, 15) is 18.0 Å². The number of fused-ring (bicyclic) bond motifs is 1. The SMILES string of the molecule is COC(=O)c1sc(S(C)(=O)=O)c2c1CC(C)(C)CC2=O. The first-order chi connectivity index (χ1) is 9.07. The Kier molecular flexibility index (Phi) is 3.54. The summed E-state index contributed by atoms with van der Waals surface area (Å²) >= 11 is 0.836. The van der Waals surface area contributed by atoms with Gasteiger partial charge in [0.15, 0.2) is 15.6 Å². The van der Waals surface area contributed by atoms with Gasteiger partial charge in [0.2, 0.25) is 0 Å². The van der Waals surface area contributed by atoms with Crippen LogP contribution in [0.15, 0.2) is 4.21 Å². The predicted molar refractivity (Wildman–Crippen MR) is 75.2 cm³/mol. The van der Waals surface area contributed by atoms with Crippen molar-refractivity contribution < 1.29 is 22.7 Å². The molecular formula is C13H16O5S2. The molecule has 0 spiro atoms. The minimum Gasteiger partial charge on any atom is -0.465 e. The molecule has 1 aromatic rings. The summed E-state index contributed by atoms with van der Waals surface area (Å²) in [5.74, 6) is -0.810. The summed E-state index contributed by atoms with van der Waals surface area (Å²) in [4.78, 5) is 24.3. The zero-order valence-corrected chi connectivity index (χ0v) is 13.4. The highest BCUT2D eigenvalue weighted by Gasteiger charge is 2.39. The van der Waals surface area contributed by atoms with Crippen molar-refractivity contribution in [2.75, 3.05) is 13.4 Å². The Morgan fingerprint density at radius 3 is 2.40 bits per heavy atom. The van der Waals surface area contributed by atoms with Gasteiger partial charge in [-0.1, -0.05) is 13.8 Å². The number of sulfone groups is 1. The lowest BCUT2D eigenvalue weighted by Gasteiger charge is -2.29. The largest absolute Gasteiger partial charge is 0.465 e. The molecule has 0 fully saturated rings. The summed E-state index contributed by atoms with van der Waals surface area (Å²) in [6.45, 7) is 3.85. The van der Waals surface area contributed by atoms with Gasteiger partial charge in [-0.3, -0.25) is 4.79 Å². The maximum atomic E-state index is 12.3. The molecule has 0 amide bonds. The molecule has 0 saturated carbocycles. The van der Waals surface area contributed by atoms with Crippen molar-refractivity contribution in [3.8, 4) is 0 Å². The average Bonchev–Trinajstić information content (AvgIpc) is 2.65. The molecule has 2 rings (SSSR count). The second kappa shape index (κ2) is 4.66. The van der Waals surface area contributed by atoms with E-state index in [0.717, 1.165) is 17.6 Å². The standard InChI is InChI=1S/C13H16O5S2/c1-13(2)5-7-9(8(14)6-13)12(20(4,16)17)19-10(7)11(15)18-3/h5-6H2,1-4H3. The van der Waals surface area contributed by atoms with Gasteiger partial charge in [-0.05, 0) is 17.4 Å². The molecule has 0 N–H and O–H groups in total. The Bertz CT molecular complexity index is 695. The van der Waals surface area contributed by atoms with Crippen molar-refractivity contribution in [1.82, 2.24) is 0 Å². The fourth-order valence-electron chi connectivity index (χ4n) is 2.48. The maximum absolute atomic E-state index is 12.3. The first kappa shape index (κ1) is 15.2. The molecule has 1 heterocycles. The van der Waals surface area contributed by atoms with Crippen molar-refractivity contribution in [3.05, 3.63) is 16.0 Å². The van der Waals surface area contributed by atoms with E-state index in [4.69, 9.17) is 4.74 Å². The summed E-state index contributed by atoms with van der Waals surface area (Å²) in [5.41, 5.74) is 0.420. The van der Waals surface area contributed by atoms with Crippen LogP contribution in [0.3, 0.4) is 0 Å². The summed E-state index contributed by atoms with van der Waals surface area (Å²) in [7, 11) is -2.31. The number of carbonyl (C=O) groups excluding carboxylic acids is 2. The van der Waals surface area contributed by atoms with Crippen molar-refractivity contribution in [1.29, 1.82) is 0 Å². The third kappa shape index (κ3) is 2.52. The van der Waals surface area contributed by atoms with Gasteiger partial charge in [-0.2, -0.15) is 0 Å². The Labute approximate surface area is 121 Å². The normalized spacial score (nSPS) is 17.7. The smallest absolute Gasteiger partial charge is 0.348 e. The van der Waals surface area contributed by atoms with E-state index in [2.05, 4.69) is 0 Å². The number of esters is 1. The van der Waals surface area contributed by atoms with Crippen molar-refractivity contribution in [2.24, 2.45) is 5.41 Å². The summed E-state index contributed by atoms with van der Waals surface area (Å²) in [6.07, 6.45) is 1.82. The van der Waals surface area contributed by atoms with Crippen LogP contribution >= 0.6 is 11.3 Å². The Morgan fingerprint density at radius 1 is 1.30 bits per heavy atom. The number of methoxy groups -OCH3 is 1. The van der Waals surface area contributed by atoms with E-state index in [0.29, 0.717) is 12.0 Å². The van der Waals surface area contributed by atoms with Crippen LogP contribution in [0.5, 0.6) is 0 Å². The lowest BCUT2D eigenvalue weighted by molar-refractivity contribution is 0.0604. The second-order valence-corrected chi connectivity index (χ2v) is 9.01. The van der Waals surface area contributed by atoms with E-state index >= 15 is 0 Å². The van der Waals surface area contributed by atoms with E-state index < -0.39 is 15.8 Å². The van der Waals surface area contributed by atoms with Crippen LogP contribution in [0, 0.1) is 5.41 Å². The van der Waals surface area contributed by atoms with Crippen LogP contribution in [-0.4, -0.2) is 33.5 Å². The van der Waals surface area contributed by atoms with Gasteiger partial charge in [-0.25, -0.2) is 13.2 Å². The molecule has 0 bridgehead atoms. The Balaban J connectivity index is 2.77. The molecule has 110 valence electrons. The highest BCUT2D eigenvalue weighted by Crippen LogP contribution is 2.43. The van der Waals surface area contributed by atoms with Crippen LogP contribution in [0.25, 0.3) is 0 Å². The van der Waals surface area contributed by atoms with Crippen LogP contribution < -0.4 is 0 Å². The molecule has 1 aliphatic carbocycles. The van der Waals surface area contributed by atoms with Gasteiger partial charge < -0.3 is 4.74 Å². The van der Waals surface area contributed by atoms with Gasteiger partial charge in [0.25, 0.3) is 0 Å². The predicted octanol–water partition coefficient (Wildman–Crippen LogP) is 2.09. The van der Waals surface area contributed by atoms with Crippen LogP contribution in [0.1, 0.15) is 45.9 Å². The summed E-state index contributed by atoms with van der Waals surface area (Å²) in [5, 5.41) is 0. The molecule has 0 aromatic carbocycles. The molecule has 5 nitrogen and oxygen atoms in total. The number of hydrogen-bond donors (Lipinski definition) is 0. The summed E-state index contributed by atoms with van der Waals surface area (Å²) in [6, 6.07) is 0. The molecule has 0 unspecified atom stereocenters. The molecule has 0 aliphatic heterocycles. The van der Waals surface area contributed by atoms with Gasteiger partial charge >= 0.3 is 5.97 Å². The molecule has 7 heteroatoms. The number of rotatable bonds is 2. The van der Waals surface area contributed by atoms with Crippen LogP contribution in [0.4, 0.5) is 0 Å². The first-order valence-electron chi connectivity index (χ1n) is 6.04. The zero-order valence-electron chi connectivity index (χ0n) is 11.8. The fourth-order valence-corrected chi connectivity index (χ4v) is 4.93. The lowest BCUT2D eigenvalue weighted by Crippen LogP contribution is -2.28. The average molecular weight is 316 g/mol. The van der Waals surface area contributed by atoms with E-state index in [1.807, 2.05) is 13.8 Å². The van der Waals surface area contributed by atoms with E-state index in [1.54, 1.807) is 0 Å². The fraction of sp³-hybridized carbons (Fsp3) is 0.538. The molecule has 0 radical (unpaired) electrons. The number of ketones is 1. The monoisotopic (exact) mass is 316 g/mol. The second-order valence-electron chi connectivity index (χ2n) is 5.78. The highest BCUT2D eigenvalue weighted by molar-refractivity contribution is 7.92. The minimum absolute atomic E-state index is 0.0200. The number of carbonyl (C=O) groups is 2. The minimum atomic E-state index is -3.55. The van der Waals surface area contributed by atoms with Crippen molar-refractivity contribution in [3.63, 3.8) is 0 Å². The molecule has 1 aromatic heterocycles. The first-order valence-corrected chi connectivity index (χ1v) is 8.75. The molecule has 20 heavy (non-hydrogen) atoms. The lowest BCUT2D eigenvalue weighted by atomic mass is 9.74. The third-order valence-electron chi connectivity index (χ3n) is 3.26. The van der Waals surface area contributed by atoms with E-state index in [1.165, 1.54) is 7.11 Å². The number of hydrogen-bond acceptors (Lipinski definition) is 6.